The van der Waals surface area contributed by atoms with Crippen molar-refractivity contribution in [3.8, 4) is 5.75 Å². The highest BCUT2D eigenvalue weighted by atomic mass is 32.2. The largest absolute Gasteiger partial charge is 0.494 e. The molecule has 0 spiro atoms. The summed E-state index contributed by atoms with van der Waals surface area (Å²) in [5.41, 5.74) is 0.680. The number of sulfonamides is 1. The van der Waals surface area contributed by atoms with Gasteiger partial charge in [-0.25, -0.2) is 13.1 Å². The molecule has 9 nitrogen and oxygen atoms in total. The van der Waals surface area contributed by atoms with E-state index < -0.39 is 27.4 Å². The number of ether oxygens (including phenoxy) is 1. The maximum Gasteiger partial charge on any atom is 0.270 e. The van der Waals surface area contributed by atoms with Crippen LogP contribution in [0.15, 0.2) is 42.1 Å². The molecule has 4 rings (SSSR count). The van der Waals surface area contributed by atoms with Gasteiger partial charge in [-0.3, -0.25) is 14.3 Å². The van der Waals surface area contributed by atoms with Gasteiger partial charge in [-0.1, -0.05) is 25.5 Å². The van der Waals surface area contributed by atoms with E-state index in [0.717, 1.165) is 37.0 Å². The quantitative estimate of drug-likeness (QED) is 0.382. The molecule has 2 N–H and O–H groups in total. The molecule has 2 aliphatic rings. The molecule has 1 atom stereocenters. The van der Waals surface area contributed by atoms with E-state index in [1.165, 1.54) is 12.8 Å². The van der Waals surface area contributed by atoms with E-state index >= 15 is 0 Å². The third-order valence-corrected chi connectivity index (χ3v) is 6.86. The maximum atomic E-state index is 13.2. The lowest BCUT2D eigenvalue weighted by atomic mass is 9.79. The number of unbranched alkanes of at least 4 members (excludes halogenated alkanes) is 1. The number of hydrogen-bond acceptors (Lipinski definition) is 6. The fourth-order valence-electron chi connectivity index (χ4n) is 4.23. The molecule has 2 aromatic rings. The monoisotopic (exact) mass is 500 g/mol. The summed E-state index contributed by atoms with van der Waals surface area (Å²) in [6.45, 7) is 5.40. The van der Waals surface area contributed by atoms with Crippen LogP contribution in [0.25, 0.3) is 5.57 Å². The first-order valence-corrected chi connectivity index (χ1v) is 13.8. The minimum Gasteiger partial charge on any atom is -0.494 e. The second kappa shape index (κ2) is 9.85. The Balaban J connectivity index is 1.67. The molecule has 0 bridgehead atoms. The molecule has 0 radical (unpaired) electrons. The standard InChI is InChI=1S/C25H32N4O5S/c1-4-5-14-34-19-10-8-18(9-11-19)25(2)15-20(21-12-13-29(27-21)16-17-6-7-17)22(23(30)26-25)24(31)28-35(3,32)33/h8-13,17H,4-7,14-16H2,1-3H3,(H,26,30)(H,28,31). The number of nitrogens with zero attached hydrogens (tertiary/aromatic N) is 2. The SMILES string of the molecule is CCCCOc1ccc(C2(C)CC(c3ccn(CC4CC4)n3)=C(C(=O)NS(C)(=O)=O)C(=O)N2)cc1. The van der Waals surface area contributed by atoms with Crippen LogP contribution in [-0.4, -0.2) is 42.9 Å². The highest BCUT2D eigenvalue weighted by Crippen LogP contribution is 2.39. The Morgan fingerprint density at radius 1 is 1.26 bits per heavy atom. The van der Waals surface area contributed by atoms with Gasteiger partial charge in [0.25, 0.3) is 11.8 Å². The summed E-state index contributed by atoms with van der Waals surface area (Å²) in [7, 11) is -3.85. The van der Waals surface area contributed by atoms with Crippen LogP contribution in [0.5, 0.6) is 5.75 Å². The lowest BCUT2D eigenvalue weighted by molar-refractivity contribution is -0.124. The molecule has 35 heavy (non-hydrogen) atoms. The van der Waals surface area contributed by atoms with Crippen LogP contribution in [0.4, 0.5) is 0 Å². The van der Waals surface area contributed by atoms with Gasteiger partial charge in [-0.15, -0.1) is 0 Å². The van der Waals surface area contributed by atoms with Crippen molar-refractivity contribution in [2.24, 2.45) is 5.92 Å². The van der Waals surface area contributed by atoms with Gasteiger partial charge in [0.1, 0.15) is 11.3 Å². The van der Waals surface area contributed by atoms with E-state index in [-0.39, 0.29) is 12.0 Å². The lowest BCUT2D eigenvalue weighted by Gasteiger charge is -2.37. The lowest BCUT2D eigenvalue weighted by Crippen LogP contribution is -2.50. The zero-order valence-corrected chi connectivity index (χ0v) is 21.2. The fourth-order valence-corrected chi connectivity index (χ4v) is 4.67. The number of nitrogens with one attached hydrogen (secondary N) is 2. The van der Waals surface area contributed by atoms with Crippen LogP contribution >= 0.6 is 0 Å². The van der Waals surface area contributed by atoms with E-state index in [1.807, 2.05) is 46.8 Å². The normalized spacial score (nSPS) is 20.5. The second-order valence-corrected chi connectivity index (χ2v) is 11.4. The molecule has 1 aromatic heterocycles. The summed E-state index contributed by atoms with van der Waals surface area (Å²) in [6, 6.07) is 9.29. The van der Waals surface area contributed by atoms with E-state index in [1.54, 1.807) is 6.07 Å². The number of benzene rings is 1. The van der Waals surface area contributed by atoms with Crippen LogP contribution in [0.1, 0.15) is 57.2 Å². The van der Waals surface area contributed by atoms with Crippen LogP contribution in [0, 0.1) is 5.92 Å². The molecule has 10 heteroatoms. The average Bonchev–Trinajstić information content (AvgIpc) is 3.46. The van der Waals surface area contributed by atoms with E-state index in [0.29, 0.717) is 23.8 Å². The maximum absolute atomic E-state index is 13.2. The van der Waals surface area contributed by atoms with Gasteiger partial charge in [-0.2, -0.15) is 5.10 Å². The van der Waals surface area contributed by atoms with Crippen molar-refractivity contribution in [2.75, 3.05) is 12.9 Å². The van der Waals surface area contributed by atoms with Crippen molar-refractivity contribution in [3.05, 3.63) is 53.4 Å². The third kappa shape index (κ3) is 6.11. The molecule has 188 valence electrons. The Labute approximate surface area is 206 Å². The summed E-state index contributed by atoms with van der Waals surface area (Å²) in [4.78, 5) is 26.1. The highest BCUT2D eigenvalue weighted by molar-refractivity contribution is 7.89. The van der Waals surface area contributed by atoms with Gasteiger partial charge in [0, 0.05) is 24.7 Å². The number of carbonyl (C=O) groups is 2. The average molecular weight is 501 g/mol. The highest BCUT2D eigenvalue weighted by Gasteiger charge is 2.41. The van der Waals surface area contributed by atoms with Crippen molar-refractivity contribution in [2.45, 2.75) is 58.0 Å². The van der Waals surface area contributed by atoms with Gasteiger partial charge in [-0.05, 0) is 55.9 Å². The molecular formula is C25H32N4O5S. The molecule has 0 saturated heterocycles. The summed E-state index contributed by atoms with van der Waals surface area (Å²) >= 11 is 0. The fraction of sp³-hybridized carbons (Fsp3) is 0.480. The van der Waals surface area contributed by atoms with Gasteiger partial charge >= 0.3 is 0 Å². The van der Waals surface area contributed by atoms with Crippen molar-refractivity contribution in [1.29, 1.82) is 0 Å². The van der Waals surface area contributed by atoms with Crippen LogP contribution in [-0.2, 0) is 31.7 Å². The molecule has 2 heterocycles. The molecule has 1 unspecified atom stereocenters. The van der Waals surface area contributed by atoms with Crippen LogP contribution in [0.2, 0.25) is 0 Å². The number of amides is 2. The molecule has 1 aliphatic heterocycles. The van der Waals surface area contributed by atoms with Gasteiger partial charge in [0.15, 0.2) is 0 Å². The molecule has 1 fully saturated rings. The van der Waals surface area contributed by atoms with Crippen molar-refractivity contribution in [1.82, 2.24) is 19.8 Å². The topological polar surface area (TPSA) is 119 Å². The van der Waals surface area contributed by atoms with Crippen LogP contribution in [0.3, 0.4) is 0 Å². The first-order chi connectivity index (χ1) is 16.6. The van der Waals surface area contributed by atoms with Crippen molar-refractivity contribution >= 4 is 27.4 Å². The molecule has 1 aromatic carbocycles. The summed E-state index contributed by atoms with van der Waals surface area (Å²) < 4.78 is 32.9. The van der Waals surface area contributed by atoms with E-state index in [9.17, 15) is 18.0 Å². The summed E-state index contributed by atoms with van der Waals surface area (Å²) in [5, 5.41) is 7.54. The molecular weight excluding hydrogens is 468 g/mol. The minimum absolute atomic E-state index is 0.232. The Hall–Kier alpha value is -3.14. The predicted octanol–water partition coefficient (Wildman–Crippen LogP) is 2.74. The van der Waals surface area contributed by atoms with Crippen molar-refractivity contribution < 1.29 is 22.7 Å². The van der Waals surface area contributed by atoms with E-state index in [4.69, 9.17) is 4.74 Å². The predicted molar refractivity (Wildman–Crippen MR) is 132 cm³/mol. The Morgan fingerprint density at radius 2 is 1.97 bits per heavy atom. The molecule has 1 aliphatic carbocycles. The Morgan fingerprint density at radius 3 is 2.60 bits per heavy atom. The zero-order valence-electron chi connectivity index (χ0n) is 20.3. The van der Waals surface area contributed by atoms with Gasteiger partial charge in [0.05, 0.1) is 24.1 Å². The van der Waals surface area contributed by atoms with Gasteiger partial charge in [0.2, 0.25) is 10.0 Å². The summed E-state index contributed by atoms with van der Waals surface area (Å²) in [5.74, 6) is -0.258. The minimum atomic E-state index is -3.85. The first-order valence-electron chi connectivity index (χ1n) is 11.9. The number of rotatable bonds is 10. The summed E-state index contributed by atoms with van der Waals surface area (Å²) in [6.07, 6.45) is 7.32. The zero-order chi connectivity index (χ0) is 25.2. The number of hydrogen-bond donors (Lipinski definition) is 2. The number of aromatic nitrogens is 2. The molecule has 2 amide bonds. The van der Waals surface area contributed by atoms with Gasteiger partial charge < -0.3 is 10.1 Å². The Bertz CT molecular complexity index is 1240. The Kier molecular flexibility index (Phi) is 7.02. The smallest absolute Gasteiger partial charge is 0.270 e. The van der Waals surface area contributed by atoms with Crippen LogP contribution < -0.4 is 14.8 Å². The first kappa shape index (κ1) is 25.0. The van der Waals surface area contributed by atoms with E-state index in [2.05, 4.69) is 17.3 Å². The third-order valence-electron chi connectivity index (χ3n) is 6.30. The second-order valence-electron chi connectivity index (χ2n) is 9.61. The number of carbonyl (C=O) groups excluding carboxylic acids is 2. The van der Waals surface area contributed by atoms with Crippen molar-refractivity contribution in [3.63, 3.8) is 0 Å². The molecule has 1 saturated carbocycles.